The van der Waals surface area contributed by atoms with Gasteiger partial charge in [0.1, 0.15) is 5.82 Å². The largest absolute Gasteiger partial charge is 0.468 e. The van der Waals surface area contributed by atoms with Crippen LogP contribution < -0.4 is 15.4 Å². The van der Waals surface area contributed by atoms with Crippen LogP contribution in [-0.4, -0.2) is 34.6 Å². The minimum absolute atomic E-state index is 0.0492. The SMILES string of the molecule is CC(NC(=O)c1ccc(OCC(F)(F)F)nc1)c1ccnc(NC(=O)C2CC2)c1. The Morgan fingerprint density at radius 3 is 2.62 bits per heavy atom. The minimum atomic E-state index is -4.46. The molecule has 0 aliphatic heterocycles. The quantitative estimate of drug-likeness (QED) is 0.734. The monoisotopic (exact) mass is 408 g/mol. The number of pyridine rings is 2. The van der Waals surface area contributed by atoms with Gasteiger partial charge < -0.3 is 15.4 Å². The Morgan fingerprint density at radius 1 is 1.24 bits per heavy atom. The van der Waals surface area contributed by atoms with Gasteiger partial charge in [-0.2, -0.15) is 13.2 Å². The average Bonchev–Trinajstić information content (AvgIpc) is 3.52. The number of rotatable bonds is 7. The fourth-order valence-electron chi connectivity index (χ4n) is 2.48. The smallest absolute Gasteiger partial charge is 0.422 e. The summed E-state index contributed by atoms with van der Waals surface area (Å²) >= 11 is 0. The summed E-state index contributed by atoms with van der Waals surface area (Å²) in [5.41, 5.74) is 0.907. The fourth-order valence-corrected chi connectivity index (χ4v) is 2.48. The van der Waals surface area contributed by atoms with Gasteiger partial charge in [0.05, 0.1) is 11.6 Å². The molecule has 3 rings (SSSR count). The van der Waals surface area contributed by atoms with E-state index in [2.05, 4.69) is 25.3 Å². The van der Waals surface area contributed by atoms with E-state index in [1.165, 1.54) is 18.3 Å². The number of hydrogen-bond acceptors (Lipinski definition) is 5. The summed E-state index contributed by atoms with van der Waals surface area (Å²) < 4.78 is 41.0. The van der Waals surface area contributed by atoms with E-state index in [0.717, 1.165) is 24.6 Å². The highest BCUT2D eigenvalue weighted by Crippen LogP contribution is 2.30. The molecule has 2 amide bonds. The summed E-state index contributed by atoms with van der Waals surface area (Å²) in [6, 6.07) is 5.52. The van der Waals surface area contributed by atoms with Gasteiger partial charge in [0.2, 0.25) is 11.8 Å². The minimum Gasteiger partial charge on any atom is -0.468 e. The summed E-state index contributed by atoms with van der Waals surface area (Å²) in [7, 11) is 0. The van der Waals surface area contributed by atoms with Crippen LogP contribution >= 0.6 is 0 Å². The van der Waals surface area contributed by atoms with Gasteiger partial charge in [-0.3, -0.25) is 9.59 Å². The van der Waals surface area contributed by atoms with Gasteiger partial charge in [-0.25, -0.2) is 9.97 Å². The lowest BCUT2D eigenvalue weighted by Gasteiger charge is -2.15. The van der Waals surface area contributed by atoms with Crippen molar-refractivity contribution in [3.05, 3.63) is 47.8 Å². The maximum atomic E-state index is 12.4. The number of carbonyl (C=O) groups is 2. The topological polar surface area (TPSA) is 93.2 Å². The summed E-state index contributed by atoms with van der Waals surface area (Å²) in [6.45, 7) is 0.304. The van der Waals surface area contributed by atoms with Gasteiger partial charge >= 0.3 is 6.18 Å². The Morgan fingerprint density at radius 2 is 2.00 bits per heavy atom. The molecule has 0 aromatic carbocycles. The molecule has 7 nitrogen and oxygen atoms in total. The Bertz CT molecular complexity index is 883. The van der Waals surface area contributed by atoms with Crippen LogP contribution in [-0.2, 0) is 4.79 Å². The van der Waals surface area contributed by atoms with Crippen LogP contribution in [0.25, 0.3) is 0 Å². The number of anilines is 1. The number of nitrogens with zero attached hydrogens (tertiary/aromatic N) is 2. The number of amides is 2. The molecule has 29 heavy (non-hydrogen) atoms. The van der Waals surface area contributed by atoms with Gasteiger partial charge in [0, 0.05) is 24.4 Å². The van der Waals surface area contributed by atoms with Gasteiger partial charge in [0.15, 0.2) is 6.61 Å². The maximum absolute atomic E-state index is 12.4. The Kier molecular flexibility index (Phi) is 6.00. The van der Waals surface area contributed by atoms with Crippen molar-refractivity contribution in [3.63, 3.8) is 0 Å². The van der Waals surface area contributed by atoms with Crippen molar-refractivity contribution in [1.29, 1.82) is 0 Å². The number of nitrogens with one attached hydrogen (secondary N) is 2. The molecule has 2 aromatic heterocycles. The number of hydrogen-bond donors (Lipinski definition) is 2. The number of ether oxygens (including phenoxy) is 1. The second-order valence-corrected chi connectivity index (χ2v) is 6.72. The summed E-state index contributed by atoms with van der Waals surface area (Å²) in [6.07, 6.45) is -0.0246. The molecule has 2 N–H and O–H groups in total. The molecule has 10 heteroatoms. The predicted octanol–water partition coefficient (Wildman–Crippen LogP) is 3.26. The molecule has 2 heterocycles. The molecule has 1 fully saturated rings. The molecule has 0 spiro atoms. The van der Waals surface area contributed by atoms with Crippen LogP contribution in [0.2, 0.25) is 0 Å². The first-order valence-electron chi connectivity index (χ1n) is 8.94. The Hall–Kier alpha value is -3.17. The average molecular weight is 408 g/mol. The van der Waals surface area contributed by atoms with Gasteiger partial charge in [-0.1, -0.05) is 0 Å². The second-order valence-electron chi connectivity index (χ2n) is 6.72. The molecule has 1 atom stereocenters. The van der Waals surface area contributed by atoms with E-state index in [1.807, 2.05) is 0 Å². The zero-order valence-electron chi connectivity index (χ0n) is 15.5. The van der Waals surface area contributed by atoms with Crippen LogP contribution in [0.1, 0.15) is 41.7 Å². The third-order valence-corrected chi connectivity index (χ3v) is 4.21. The standard InChI is InChI=1S/C19H19F3N4O3/c1-11(13-6-7-23-15(8-13)26-17(27)12-2-3-12)25-18(28)14-4-5-16(24-9-14)29-10-19(20,21)22/h4-9,11-12H,2-3,10H2,1H3,(H,25,28)(H,23,26,27). The molecule has 0 bridgehead atoms. The number of aromatic nitrogens is 2. The van der Waals surface area contributed by atoms with Crippen molar-refractivity contribution in [3.8, 4) is 5.88 Å². The third-order valence-electron chi connectivity index (χ3n) is 4.21. The zero-order chi connectivity index (χ0) is 21.0. The van der Waals surface area contributed by atoms with Crippen molar-refractivity contribution >= 4 is 17.6 Å². The highest BCUT2D eigenvalue weighted by molar-refractivity contribution is 5.94. The van der Waals surface area contributed by atoms with E-state index in [-0.39, 0.29) is 23.3 Å². The van der Waals surface area contributed by atoms with Crippen molar-refractivity contribution in [2.75, 3.05) is 11.9 Å². The van der Waals surface area contributed by atoms with Crippen molar-refractivity contribution in [2.45, 2.75) is 32.0 Å². The normalized spacial score (nSPS) is 14.8. The maximum Gasteiger partial charge on any atom is 0.422 e. The number of carbonyl (C=O) groups excluding carboxylic acids is 2. The molecule has 1 aliphatic carbocycles. The summed E-state index contributed by atoms with van der Waals surface area (Å²) in [4.78, 5) is 32.0. The molecule has 1 aliphatic rings. The third kappa shape index (κ3) is 6.16. The van der Waals surface area contributed by atoms with Crippen LogP contribution in [0.5, 0.6) is 5.88 Å². The Labute approximate surface area is 164 Å². The molecular formula is C19H19F3N4O3. The lowest BCUT2D eigenvalue weighted by Crippen LogP contribution is -2.27. The number of halogens is 3. The van der Waals surface area contributed by atoms with Gasteiger partial charge in [0.25, 0.3) is 5.91 Å². The first-order chi connectivity index (χ1) is 13.7. The molecule has 1 saturated carbocycles. The van der Waals surface area contributed by atoms with E-state index in [0.29, 0.717) is 5.82 Å². The van der Waals surface area contributed by atoms with Crippen LogP contribution in [0.4, 0.5) is 19.0 Å². The number of alkyl halides is 3. The molecule has 0 radical (unpaired) electrons. The van der Waals surface area contributed by atoms with E-state index in [1.54, 1.807) is 19.1 Å². The van der Waals surface area contributed by atoms with Gasteiger partial charge in [-0.15, -0.1) is 0 Å². The molecule has 0 saturated heterocycles. The zero-order valence-corrected chi connectivity index (χ0v) is 15.5. The van der Waals surface area contributed by atoms with Crippen LogP contribution in [0, 0.1) is 5.92 Å². The highest BCUT2D eigenvalue weighted by Gasteiger charge is 2.30. The van der Waals surface area contributed by atoms with Crippen molar-refractivity contribution in [1.82, 2.24) is 15.3 Å². The van der Waals surface area contributed by atoms with E-state index >= 15 is 0 Å². The molecule has 1 unspecified atom stereocenters. The molecule has 154 valence electrons. The van der Waals surface area contributed by atoms with Crippen LogP contribution in [0.15, 0.2) is 36.7 Å². The summed E-state index contributed by atoms with van der Waals surface area (Å²) in [5, 5.41) is 5.51. The second kappa shape index (κ2) is 8.46. The van der Waals surface area contributed by atoms with E-state index < -0.39 is 24.7 Å². The van der Waals surface area contributed by atoms with Crippen molar-refractivity contribution < 1.29 is 27.5 Å². The predicted molar refractivity (Wildman–Crippen MR) is 97.3 cm³/mol. The molecular weight excluding hydrogens is 389 g/mol. The lowest BCUT2D eigenvalue weighted by atomic mass is 10.1. The Balaban J connectivity index is 1.57. The first kappa shape index (κ1) is 20.6. The van der Waals surface area contributed by atoms with E-state index in [9.17, 15) is 22.8 Å². The first-order valence-corrected chi connectivity index (χ1v) is 8.94. The fraction of sp³-hybridized carbons (Fsp3) is 0.368. The van der Waals surface area contributed by atoms with Crippen LogP contribution in [0.3, 0.4) is 0 Å². The van der Waals surface area contributed by atoms with Crippen molar-refractivity contribution in [2.24, 2.45) is 5.92 Å². The highest BCUT2D eigenvalue weighted by atomic mass is 19.4. The van der Waals surface area contributed by atoms with E-state index in [4.69, 9.17) is 0 Å². The molecule has 2 aromatic rings. The lowest BCUT2D eigenvalue weighted by molar-refractivity contribution is -0.154. The summed E-state index contributed by atoms with van der Waals surface area (Å²) in [5.74, 6) is -0.281. The van der Waals surface area contributed by atoms with Gasteiger partial charge in [-0.05, 0) is 43.5 Å².